The van der Waals surface area contributed by atoms with E-state index in [9.17, 15) is 49.2 Å². The number of nitrogens with one attached hydrogen (secondary N) is 7. The van der Waals surface area contributed by atoms with Crippen molar-refractivity contribution in [3.05, 3.63) is 0 Å². The molecule has 0 radical (unpaired) electrons. The van der Waals surface area contributed by atoms with Crippen molar-refractivity contribution >= 4 is 35.3 Å². The molecule has 21 nitrogen and oxygen atoms in total. The van der Waals surface area contributed by atoms with E-state index in [1.54, 1.807) is 14.0 Å². The zero-order valence-electron chi connectivity index (χ0n) is 32.2. The Morgan fingerprint density at radius 1 is 0.618 bits per heavy atom. The summed E-state index contributed by atoms with van der Waals surface area (Å²) in [5.74, 6) is -4.44. The molecule has 14 N–H and O–H groups in total. The zero-order valence-corrected chi connectivity index (χ0v) is 32.2. The van der Waals surface area contributed by atoms with Crippen LogP contribution in [0.1, 0.15) is 45.4 Å². The Morgan fingerprint density at radius 3 is 1.78 bits per heavy atom. The highest BCUT2D eigenvalue weighted by molar-refractivity contribution is 5.92. The number of hydrogen-bond acceptors (Lipinski definition) is 16. The van der Waals surface area contributed by atoms with Crippen molar-refractivity contribution in [2.75, 3.05) is 99.0 Å². The molecular formula is C34H66N8O13. The molecule has 0 bridgehead atoms. The molecule has 0 heterocycles. The number of Topliss-reactive ketones (excluding diaryl/α,β-unsaturated/α-hetero) is 1. The minimum Gasteiger partial charge on any atom is -0.394 e. The number of rotatable bonds is 35. The van der Waals surface area contributed by atoms with Gasteiger partial charge in [0.15, 0.2) is 6.10 Å². The fourth-order valence-corrected chi connectivity index (χ4v) is 4.79. The van der Waals surface area contributed by atoms with Crippen molar-refractivity contribution in [3.63, 3.8) is 0 Å². The Bertz CT molecular complexity index is 1110. The third-order valence-corrected chi connectivity index (χ3v) is 8.08. The van der Waals surface area contributed by atoms with Crippen molar-refractivity contribution in [1.82, 2.24) is 37.2 Å². The fourth-order valence-electron chi connectivity index (χ4n) is 4.79. The van der Waals surface area contributed by atoms with Crippen LogP contribution in [0.25, 0.3) is 0 Å². The number of methoxy groups -OCH3 is 1. The number of aliphatic hydroxyl groups excluding tert-OH is 5. The molecule has 0 aromatic rings. The predicted octanol–water partition coefficient (Wildman–Crippen LogP) is -6.03. The predicted molar refractivity (Wildman–Crippen MR) is 199 cm³/mol. The number of hydrogen-bond donors (Lipinski definition) is 13. The SMILES string of the molecule is COCCOCCCNC(=O)C(CC(=O)NCCNCCNC(=O)CCCNC(=O)[C@H](O)[C@@H](O)[C@H](O)[C@H](O)CO)CC(=O)C(C)CC(=O)NCCNCCN. The molecule has 0 rings (SSSR count). The summed E-state index contributed by atoms with van der Waals surface area (Å²) in [4.78, 5) is 75.1. The number of ketones is 1. The number of aliphatic hydroxyl groups is 5. The molecule has 6 atom stereocenters. The first-order valence-electron chi connectivity index (χ1n) is 18.7. The summed E-state index contributed by atoms with van der Waals surface area (Å²) in [6.07, 6.45) is -7.51. The molecule has 0 aliphatic rings. The Morgan fingerprint density at radius 2 is 1.18 bits per heavy atom. The maximum Gasteiger partial charge on any atom is 0.251 e. The maximum absolute atomic E-state index is 13.0. The molecule has 21 heteroatoms. The van der Waals surface area contributed by atoms with Gasteiger partial charge in [-0.2, -0.15) is 0 Å². The van der Waals surface area contributed by atoms with E-state index in [4.69, 9.17) is 20.3 Å². The highest BCUT2D eigenvalue weighted by Crippen LogP contribution is 2.16. The number of ether oxygens (including phenoxy) is 2. The number of amides is 5. The van der Waals surface area contributed by atoms with Gasteiger partial charge in [0, 0.05) is 111 Å². The molecule has 0 aromatic heterocycles. The normalized spacial score (nSPS) is 14.5. The Kier molecular flexibility index (Phi) is 30.8. The molecular weight excluding hydrogens is 728 g/mol. The van der Waals surface area contributed by atoms with Gasteiger partial charge in [0.1, 0.15) is 24.1 Å². The first kappa shape index (κ1) is 51.6. The van der Waals surface area contributed by atoms with Gasteiger partial charge in [0.05, 0.1) is 25.7 Å². The second kappa shape index (κ2) is 32.8. The quantitative estimate of drug-likeness (QED) is 0.0266. The van der Waals surface area contributed by atoms with Crippen LogP contribution in [-0.4, -0.2) is 184 Å². The lowest BCUT2D eigenvalue weighted by molar-refractivity contribution is -0.149. The fraction of sp³-hybridized carbons (Fsp3) is 0.824. The standard InChI is InChI=1S/C34H66N8O13/c1-23(19-28(47)39-14-10-36-9-6-35)25(44)20-24(33(52)41-8-4-16-55-18-17-54-2)21-29(48)40-15-12-37-11-13-38-27(46)5-3-7-42-34(53)32(51)31(50)30(49)26(45)22-43/h23-24,26,30-32,36-37,43,45,49-51H,3-22,35H2,1-2H3,(H,38,46)(H,39,47)(H,40,48)(H,41,52)(H,42,53)/t23?,24?,26-,30-,31+,32-/m1/s1. The lowest BCUT2D eigenvalue weighted by Crippen LogP contribution is -2.51. The lowest BCUT2D eigenvalue weighted by atomic mass is 9.90. The zero-order chi connectivity index (χ0) is 41.4. The van der Waals surface area contributed by atoms with Crippen LogP contribution in [0.4, 0.5) is 0 Å². The van der Waals surface area contributed by atoms with E-state index >= 15 is 0 Å². The van der Waals surface area contributed by atoms with Gasteiger partial charge in [-0.15, -0.1) is 0 Å². The van der Waals surface area contributed by atoms with Gasteiger partial charge in [0.25, 0.3) is 5.91 Å². The molecule has 0 fully saturated rings. The highest BCUT2D eigenvalue weighted by Gasteiger charge is 2.34. The van der Waals surface area contributed by atoms with E-state index in [0.717, 1.165) is 0 Å². The van der Waals surface area contributed by atoms with Gasteiger partial charge in [-0.05, 0) is 12.8 Å². The molecule has 0 aliphatic heterocycles. The molecule has 0 spiro atoms. The van der Waals surface area contributed by atoms with Crippen LogP contribution in [0.15, 0.2) is 0 Å². The van der Waals surface area contributed by atoms with Crippen LogP contribution in [0.3, 0.4) is 0 Å². The monoisotopic (exact) mass is 794 g/mol. The van der Waals surface area contributed by atoms with Crippen LogP contribution < -0.4 is 43.0 Å². The summed E-state index contributed by atoms with van der Waals surface area (Å²) in [5.41, 5.74) is 5.42. The van der Waals surface area contributed by atoms with Crippen LogP contribution in [-0.2, 0) is 38.2 Å². The average molecular weight is 795 g/mol. The first-order chi connectivity index (χ1) is 26.3. The minimum atomic E-state index is -2.06. The van der Waals surface area contributed by atoms with Crippen molar-refractivity contribution in [2.24, 2.45) is 17.6 Å². The number of carbonyl (C=O) groups is 6. The van der Waals surface area contributed by atoms with E-state index in [2.05, 4.69) is 37.2 Å². The van der Waals surface area contributed by atoms with Crippen LogP contribution in [0.2, 0.25) is 0 Å². The largest absolute Gasteiger partial charge is 0.394 e. The van der Waals surface area contributed by atoms with E-state index < -0.39 is 60.6 Å². The summed E-state index contributed by atoms with van der Waals surface area (Å²) in [7, 11) is 1.56. The Labute approximate surface area is 322 Å². The average Bonchev–Trinajstić information content (AvgIpc) is 3.16. The third kappa shape index (κ3) is 26.2. The molecule has 320 valence electrons. The lowest BCUT2D eigenvalue weighted by Gasteiger charge is -2.24. The summed E-state index contributed by atoms with van der Waals surface area (Å²) in [6, 6.07) is 0. The second-order valence-corrected chi connectivity index (χ2v) is 12.8. The molecule has 5 amide bonds. The van der Waals surface area contributed by atoms with Crippen molar-refractivity contribution in [1.29, 1.82) is 0 Å². The summed E-state index contributed by atoms with van der Waals surface area (Å²) in [6.45, 7) is 5.45. The molecule has 2 unspecified atom stereocenters. The summed E-state index contributed by atoms with van der Waals surface area (Å²) >= 11 is 0. The Hall–Kier alpha value is -3.38. The molecule has 0 saturated carbocycles. The Balaban J connectivity index is 4.59. The summed E-state index contributed by atoms with van der Waals surface area (Å²) < 4.78 is 10.3. The van der Waals surface area contributed by atoms with Crippen molar-refractivity contribution in [3.8, 4) is 0 Å². The third-order valence-electron chi connectivity index (χ3n) is 8.08. The van der Waals surface area contributed by atoms with Crippen molar-refractivity contribution < 1.29 is 63.8 Å². The van der Waals surface area contributed by atoms with Gasteiger partial charge >= 0.3 is 0 Å². The topological polar surface area (TPSA) is 332 Å². The summed E-state index contributed by atoms with van der Waals surface area (Å²) in [5, 5.41) is 66.6. The van der Waals surface area contributed by atoms with E-state index in [1.807, 2.05) is 0 Å². The van der Waals surface area contributed by atoms with Gasteiger partial charge < -0.3 is 78.0 Å². The molecule has 0 aromatic carbocycles. The van der Waals surface area contributed by atoms with E-state index in [1.165, 1.54) is 0 Å². The van der Waals surface area contributed by atoms with Gasteiger partial charge in [0.2, 0.25) is 23.6 Å². The van der Waals surface area contributed by atoms with Crippen molar-refractivity contribution in [2.45, 2.75) is 69.9 Å². The van der Waals surface area contributed by atoms with Crippen LogP contribution >= 0.6 is 0 Å². The maximum atomic E-state index is 13.0. The first-order valence-corrected chi connectivity index (χ1v) is 18.7. The smallest absolute Gasteiger partial charge is 0.251 e. The minimum absolute atomic E-state index is 0.0157. The van der Waals surface area contributed by atoms with Gasteiger partial charge in [-0.25, -0.2) is 0 Å². The molecule has 55 heavy (non-hydrogen) atoms. The van der Waals surface area contributed by atoms with E-state index in [-0.39, 0.29) is 75.9 Å². The van der Waals surface area contributed by atoms with Gasteiger partial charge in [-0.3, -0.25) is 28.8 Å². The molecule has 0 aliphatic carbocycles. The van der Waals surface area contributed by atoms with Gasteiger partial charge in [-0.1, -0.05) is 6.92 Å². The second-order valence-electron chi connectivity index (χ2n) is 12.8. The number of nitrogens with two attached hydrogens (primary N) is 1. The highest BCUT2D eigenvalue weighted by atomic mass is 16.5. The van der Waals surface area contributed by atoms with E-state index in [0.29, 0.717) is 65.5 Å². The number of carbonyl (C=O) groups excluding carboxylic acids is 6. The van der Waals surface area contributed by atoms with Crippen LogP contribution in [0.5, 0.6) is 0 Å². The molecule has 0 saturated heterocycles. The van der Waals surface area contributed by atoms with Crippen LogP contribution in [0, 0.1) is 11.8 Å².